The van der Waals surface area contributed by atoms with E-state index in [4.69, 9.17) is 5.10 Å². The maximum atomic E-state index is 4.81. The largest absolute Gasteiger partial charge is 0.354 e. The molecule has 2 aliphatic rings. The summed E-state index contributed by atoms with van der Waals surface area (Å²) in [6, 6.07) is 4.10. The molecule has 26 heavy (non-hydrogen) atoms. The third-order valence-corrected chi connectivity index (χ3v) is 5.54. The van der Waals surface area contributed by atoms with Crippen molar-refractivity contribution in [2.24, 2.45) is 13.0 Å². The summed E-state index contributed by atoms with van der Waals surface area (Å²) in [4.78, 5) is 2.33. The first kappa shape index (κ1) is 15.7. The van der Waals surface area contributed by atoms with Crippen LogP contribution >= 0.6 is 0 Å². The smallest absolute Gasteiger partial charge is 0.178 e. The van der Waals surface area contributed by atoms with Gasteiger partial charge in [0.2, 0.25) is 0 Å². The molecule has 1 saturated heterocycles. The van der Waals surface area contributed by atoms with Crippen molar-refractivity contribution in [1.29, 1.82) is 0 Å². The molecule has 0 bridgehead atoms. The van der Waals surface area contributed by atoms with E-state index in [1.807, 2.05) is 28.5 Å². The molecule has 2 fully saturated rings. The van der Waals surface area contributed by atoms with Crippen molar-refractivity contribution in [1.82, 2.24) is 34.9 Å². The first-order valence-corrected chi connectivity index (χ1v) is 9.42. The Labute approximate surface area is 152 Å². The molecule has 4 heterocycles. The number of fused-ring (bicyclic) bond motifs is 1. The number of aryl methyl sites for hydroxylation is 1. The van der Waals surface area contributed by atoms with E-state index in [1.54, 1.807) is 0 Å². The summed E-state index contributed by atoms with van der Waals surface area (Å²) in [5.74, 6) is 3.26. The predicted molar refractivity (Wildman–Crippen MR) is 98.0 cm³/mol. The van der Waals surface area contributed by atoms with Crippen LogP contribution in [0, 0.1) is 5.92 Å². The normalized spacial score (nSPS) is 18.3. The molecule has 1 saturated carbocycles. The molecule has 0 unspecified atom stereocenters. The van der Waals surface area contributed by atoms with Gasteiger partial charge in [0.25, 0.3) is 0 Å². The van der Waals surface area contributed by atoms with Gasteiger partial charge in [-0.3, -0.25) is 4.68 Å². The van der Waals surface area contributed by atoms with Crippen molar-refractivity contribution in [2.45, 2.75) is 31.7 Å². The summed E-state index contributed by atoms with van der Waals surface area (Å²) in [6.07, 6.45) is 7.68. The Morgan fingerprint density at radius 1 is 1.19 bits per heavy atom. The molecule has 1 aliphatic heterocycles. The zero-order chi connectivity index (χ0) is 17.5. The van der Waals surface area contributed by atoms with E-state index < -0.39 is 0 Å². The number of anilines is 1. The Kier molecular flexibility index (Phi) is 3.85. The molecule has 8 heteroatoms. The molecule has 0 radical (unpaired) electrons. The summed E-state index contributed by atoms with van der Waals surface area (Å²) in [5, 5.41) is 21.2. The first-order chi connectivity index (χ1) is 12.8. The van der Waals surface area contributed by atoms with Gasteiger partial charge >= 0.3 is 0 Å². The van der Waals surface area contributed by atoms with Gasteiger partial charge < -0.3 is 10.2 Å². The Morgan fingerprint density at radius 3 is 2.81 bits per heavy atom. The lowest BCUT2D eigenvalue weighted by molar-refractivity contribution is 0.378. The van der Waals surface area contributed by atoms with Crippen LogP contribution in [0.25, 0.3) is 5.65 Å². The lowest BCUT2D eigenvalue weighted by Crippen LogP contribution is -2.51. The van der Waals surface area contributed by atoms with Gasteiger partial charge in [0.1, 0.15) is 5.82 Å². The quantitative estimate of drug-likeness (QED) is 0.722. The number of nitrogens with one attached hydrogen (secondary N) is 1. The van der Waals surface area contributed by atoms with E-state index in [9.17, 15) is 0 Å². The zero-order valence-electron chi connectivity index (χ0n) is 15.0. The van der Waals surface area contributed by atoms with Gasteiger partial charge in [0, 0.05) is 56.8 Å². The van der Waals surface area contributed by atoms with Crippen molar-refractivity contribution in [3.8, 4) is 0 Å². The highest BCUT2D eigenvalue weighted by molar-refractivity contribution is 5.47. The first-order valence-electron chi connectivity index (χ1n) is 9.42. The number of nitrogens with zero attached hydrogens (tertiary/aromatic N) is 7. The number of aromatic nitrogens is 6. The second-order valence-corrected chi connectivity index (χ2v) is 7.57. The van der Waals surface area contributed by atoms with Gasteiger partial charge in [-0.1, -0.05) is 6.42 Å². The van der Waals surface area contributed by atoms with E-state index >= 15 is 0 Å². The lowest BCUT2D eigenvalue weighted by Gasteiger charge is -2.40. The monoisotopic (exact) mass is 352 g/mol. The second-order valence-electron chi connectivity index (χ2n) is 7.57. The minimum Gasteiger partial charge on any atom is -0.354 e. The average Bonchev–Trinajstić information content (AvgIpc) is 3.14. The number of hydrogen-bond donors (Lipinski definition) is 1. The standard InChI is InChI=1S/C18H24N8/c1-24-10-13(9-20-24)7-19-8-14-11-25(12-14)17-6-5-16-21-22-18(26(16)23-17)15-3-2-4-15/h5-6,9-10,14-15,19H,2-4,7-8,11-12H2,1H3. The van der Waals surface area contributed by atoms with Crippen LogP contribution in [0.15, 0.2) is 24.5 Å². The van der Waals surface area contributed by atoms with Crippen LogP contribution in [-0.2, 0) is 13.6 Å². The summed E-state index contributed by atoms with van der Waals surface area (Å²) >= 11 is 0. The summed E-state index contributed by atoms with van der Waals surface area (Å²) in [7, 11) is 1.95. The van der Waals surface area contributed by atoms with Gasteiger partial charge in [0.05, 0.1) is 6.20 Å². The van der Waals surface area contributed by atoms with Crippen LogP contribution in [-0.4, -0.2) is 49.2 Å². The van der Waals surface area contributed by atoms with Crippen molar-refractivity contribution >= 4 is 11.5 Å². The number of hydrogen-bond acceptors (Lipinski definition) is 6. The molecule has 8 nitrogen and oxygen atoms in total. The van der Waals surface area contributed by atoms with E-state index in [0.29, 0.717) is 11.8 Å². The van der Waals surface area contributed by atoms with Gasteiger partial charge in [0.15, 0.2) is 11.5 Å². The van der Waals surface area contributed by atoms with Gasteiger partial charge in [-0.15, -0.1) is 15.3 Å². The molecule has 3 aromatic heterocycles. The lowest BCUT2D eigenvalue weighted by atomic mass is 9.85. The van der Waals surface area contributed by atoms with Crippen LogP contribution in [0.2, 0.25) is 0 Å². The highest BCUT2D eigenvalue weighted by Crippen LogP contribution is 2.35. The Hall–Kier alpha value is -2.48. The Morgan fingerprint density at radius 2 is 2.08 bits per heavy atom. The molecule has 1 N–H and O–H groups in total. The predicted octanol–water partition coefficient (Wildman–Crippen LogP) is 1.35. The molecule has 0 aromatic carbocycles. The van der Waals surface area contributed by atoms with Crippen LogP contribution < -0.4 is 10.2 Å². The molecule has 3 aromatic rings. The number of rotatable bonds is 6. The third kappa shape index (κ3) is 2.84. The molecule has 0 spiro atoms. The van der Waals surface area contributed by atoms with Crippen molar-refractivity contribution < 1.29 is 0 Å². The average molecular weight is 352 g/mol. The van der Waals surface area contributed by atoms with Crippen LogP contribution in [0.5, 0.6) is 0 Å². The fourth-order valence-corrected chi connectivity index (χ4v) is 3.76. The van der Waals surface area contributed by atoms with E-state index in [0.717, 1.165) is 43.5 Å². The minimum absolute atomic E-state index is 0.536. The van der Waals surface area contributed by atoms with Crippen LogP contribution in [0.3, 0.4) is 0 Å². The minimum atomic E-state index is 0.536. The van der Waals surface area contributed by atoms with E-state index in [2.05, 4.69) is 37.8 Å². The SMILES string of the molecule is Cn1cc(CNCC2CN(c3ccc4nnc(C5CCC5)n4n3)C2)cn1. The molecular weight excluding hydrogens is 328 g/mol. The summed E-state index contributed by atoms with van der Waals surface area (Å²) in [5.41, 5.74) is 2.08. The molecule has 136 valence electrons. The Balaban J connectivity index is 1.18. The molecule has 1 aliphatic carbocycles. The zero-order valence-corrected chi connectivity index (χ0v) is 15.0. The van der Waals surface area contributed by atoms with Gasteiger partial charge in [-0.25, -0.2) is 0 Å². The summed E-state index contributed by atoms with van der Waals surface area (Å²) < 4.78 is 3.79. The maximum absolute atomic E-state index is 4.81. The second kappa shape index (κ2) is 6.35. The maximum Gasteiger partial charge on any atom is 0.178 e. The van der Waals surface area contributed by atoms with Crippen LogP contribution in [0.4, 0.5) is 5.82 Å². The van der Waals surface area contributed by atoms with E-state index in [1.165, 1.54) is 24.8 Å². The highest BCUT2D eigenvalue weighted by Gasteiger charge is 2.29. The van der Waals surface area contributed by atoms with Crippen LogP contribution in [0.1, 0.15) is 36.6 Å². The summed E-state index contributed by atoms with van der Waals surface area (Å²) in [6.45, 7) is 3.98. The Bertz CT molecular complexity index is 903. The van der Waals surface area contributed by atoms with Gasteiger partial charge in [-0.05, 0) is 25.0 Å². The topological polar surface area (TPSA) is 76.2 Å². The van der Waals surface area contributed by atoms with Crippen molar-refractivity contribution in [2.75, 3.05) is 24.5 Å². The molecule has 0 amide bonds. The fraction of sp³-hybridized carbons (Fsp3) is 0.556. The fourth-order valence-electron chi connectivity index (χ4n) is 3.76. The van der Waals surface area contributed by atoms with Gasteiger partial charge in [-0.2, -0.15) is 9.61 Å². The molecular formula is C18H24N8. The molecule has 5 rings (SSSR count). The molecule has 0 atom stereocenters. The van der Waals surface area contributed by atoms with Crippen molar-refractivity contribution in [3.05, 3.63) is 35.9 Å². The highest BCUT2D eigenvalue weighted by atomic mass is 15.4. The third-order valence-electron chi connectivity index (χ3n) is 5.54. The van der Waals surface area contributed by atoms with E-state index in [-0.39, 0.29) is 0 Å². The van der Waals surface area contributed by atoms with Crippen molar-refractivity contribution in [3.63, 3.8) is 0 Å².